The van der Waals surface area contributed by atoms with Crippen LogP contribution < -0.4 is 4.90 Å². The monoisotopic (exact) mass is 318 g/mol. The maximum atomic E-state index is 13.1. The highest BCUT2D eigenvalue weighted by molar-refractivity contribution is 5.47. The van der Waals surface area contributed by atoms with Crippen molar-refractivity contribution in [3.63, 3.8) is 0 Å². The van der Waals surface area contributed by atoms with Gasteiger partial charge in [-0.15, -0.1) is 0 Å². The zero-order chi connectivity index (χ0) is 15.7. The van der Waals surface area contributed by atoms with Gasteiger partial charge in [0.2, 0.25) is 0 Å². The highest BCUT2D eigenvalue weighted by Crippen LogP contribution is 2.40. The van der Waals surface area contributed by atoms with Crippen LogP contribution in [-0.2, 0) is 4.74 Å². The zero-order valence-electron chi connectivity index (χ0n) is 13.8. The number of rotatable bonds is 2. The molecule has 3 saturated heterocycles. The molecule has 3 aliphatic heterocycles. The Bertz CT molecular complexity index is 521. The Kier molecular flexibility index (Phi) is 4.29. The van der Waals surface area contributed by atoms with Gasteiger partial charge in [-0.1, -0.05) is 0 Å². The third-order valence-electron chi connectivity index (χ3n) is 6.12. The minimum absolute atomic E-state index is 0.151. The van der Waals surface area contributed by atoms with Crippen LogP contribution in [0.5, 0.6) is 0 Å². The Labute approximate surface area is 138 Å². The van der Waals surface area contributed by atoms with Gasteiger partial charge in [-0.3, -0.25) is 4.90 Å². The summed E-state index contributed by atoms with van der Waals surface area (Å²) in [6.45, 7) is 6.55. The number of hydrogen-bond acceptors (Lipinski definition) is 3. The Morgan fingerprint density at radius 3 is 2.61 bits per heavy atom. The van der Waals surface area contributed by atoms with Crippen LogP contribution in [0.2, 0.25) is 0 Å². The highest BCUT2D eigenvalue weighted by atomic mass is 19.1. The first-order valence-electron chi connectivity index (χ1n) is 9.07. The van der Waals surface area contributed by atoms with E-state index in [-0.39, 0.29) is 5.82 Å². The molecule has 0 N–H and O–H groups in total. The highest BCUT2D eigenvalue weighted by Gasteiger charge is 2.40. The van der Waals surface area contributed by atoms with Crippen molar-refractivity contribution in [1.29, 1.82) is 0 Å². The summed E-state index contributed by atoms with van der Waals surface area (Å²) >= 11 is 0. The van der Waals surface area contributed by atoms with Gasteiger partial charge in [0.05, 0.1) is 0 Å². The van der Waals surface area contributed by atoms with Crippen LogP contribution in [0.25, 0.3) is 0 Å². The van der Waals surface area contributed by atoms with E-state index in [1.54, 1.807) is 12.1 Å². The van der Waals surface area contributed by atoms with E-state index in [0.717, 1.165) is 32.0 Å². The summed E-state index contributed by atoms with van der Waals surface area (Å²) in [4.78, 5) is 5.15. The van der Waals surface area contributed by atoms with Crippen LogP contribution in [0.1, 0.15) is 32.1 Å². The number of piperidine rings is 1. The number of likely N-dealkylation sites (tertiary alicyclic amines) is 1. The lowest BCUT2D eigenvalue weighted by Gasteiger charge is -2.47. The third-order valence-corrected chi connectivity index (χ3v) is 6.12. The summed E-state index contributed by atoms with van der Waals surface area (Å²) in [6, 6.07) is 7.61. The number of benzene rings is 1. The maximum Gasteiger partial charge on any atom is 0.123 e. The summed E-state index contributed by atoms with van der Waals surface area (Å²) in [5.74, 6) is -0.151. The second-order valence-electron chi connectivity index (χ2n) is 7.55. The summed E-state index contributed by atoms with van der Waals surface area (Å²) in [7, 11) is 0. The van der Waals surface area contributed by atoms with Crippen molar-refractivity contribution in [3.05, 3.63) is 30.1 Å². The van der Waals surface area contributed by atoms with Crippen LogP contribution in [0.15, 0.2) is 24.3 Å². The second kappa shape index (κ2) is 6.40. The number of halogens is 1. The van der Waals surface area contributed by atoms with E-state index in [0.29, 0.717) is 11.5 Å². The molecule has 0 bridgehead atoms. The Hall–Kier alpha value is -1.13. The fourth-order valence-corrected chi connectivity index (χ4v) is 4.70. The Morgan fingerprint density at radius 2 is 1.83 bits per heavy atom. The van der Waals surface area contributed by atoms with Gasteiger partial charge in [-0.2, -0.15) is 0 Å². The minimum atomic E-state index is -0.151. The molecule has 1 atom stereocenters. The average molecular weight is 318 g/mol. The van der Waals surface area contributed by atoms with Gasteiger partial charge >= 0.3 is 0 Å². The molecule has 23 heavy (non-hydrogen) atoms. The van der Waals surface area contributed by atoms with Gasteiger partial charge in [0.25, 0.3) is 0 Å². The van der Waals surface area contributed by atoms with E-state index < -0.39 is 0 Å². The molecule has 1 aromatic carbocycles. The smallest absolute Gasteiger partial charge is 0.123 e. The van der Waals surface area contributed by atoms with Crippen molar-refractivity contribution in [2.24, 2.45) is 5.41 Å². The molecule has 4 rings (SSSR count). The first-order chi connectivity index (χ1) is 11.2. The third kappa shape index (κ3) is 3.24. The zero-order valence-corrected chi connectivity index (χ0v) is 13.8. The molecule has 1 unspecified atom stereocenters. The molecule has 3 nitrogen and oxygen atoms in total. The van der Waals surface area contributed by atoms with E-state index in [4.69, 9.17) is 4.74 Å². The average Bonchev–Trinajstić information content (AvgIpc) is 3.06. The SMILES string of the molecule is Fc1ccc(N2CCC(N3CCCC4(CCOCC4)C3)C2)cc1. The van der Waals surface area contributed by atoms with E-state index in [1.165, 1.54) is 45.2 Å². The van der Waals surface area contributed by atoms with Gasteiger partial charge in [-0.25, -0.2) is 4.39 Å². The van der Waals surface area contributed by atoms with Crippen molar-refractivity contribution in [2.75, 3.05) is 44.3 Å². The van der Waals surface area contributed by atoms with Gasteiger partial charge in [0.1, 0.15) is 5.82 Å². The lowest BCUT2D eigenvalue weighted by atomic mass is 9.73. The molecule has 0 radical (unpaired) electrons. The van der Waals surface area contributed by atoms with E-state index in [1.807, 2.05) is 12.1 Å². The molecule has 0 aromatic heterocycles. The summed E-state index contributed by atoms with van der Waals surface area (Å²) in [5.41, 5.74) is 1.67. The summed E-state index contributed by atoms with van der Waals surface area (Å²) < 4.78 is 18.7. The number of ether oxygens (including phenoxy) is 1. The number of anilines is 1. The first kappa shape index (κ1) is 15.4. The van der Waals surface area contributed by atoms with Gasteiger partial charge in [0, 0.05) is 44.6 Å². The lowest BCUT2D eigenvalue weighted by Crippen LogP contribution is -2.50. The standard InChI is InChI=1S/C19H27FN2O/c20-16-2-4-17(5-3-16)21-11-6-18(14-21)22-10-1-7-19(15-22)8-12-23-13-9-19/h2-5,18H,1,6-15H2. The predicted octanol–water partition coefficient (Wildman–Crippen LogP) is 3.30. The Morgan fingerprint density at radius 1 is 1.04 bits per heavy atom. The Balaban J connectivity index is 1.40. The normalized spacial score (nSPS) is 28.4. The minimum Gasteiger partial charge on any atom is -0.381 e. The largest absolute Gasteiger partial charge is 0.381 e. The molecule has 3 fully saturated rings. The van der Waals surface area contributed by atoms with Crippen molar-refractivity contribution in [3.8, 4) is 0 Å². The quantitative estimate of drug-likeness (QED) is 0.832. The van der Waals surface area contributed by atoms with Gasteiger partial charge in [0.15, 0.2) is 0 Å². The van der Waals surface area contributed by atoms with Crippen molar-refractivity contribution in [2.45, 2.75) is 38.1 Å². The summed E-state index contributed by atoms with van der Waals surface area (Å²) in [6.07, 6.45) is 6.40. The molecule has 1 spiro atoms. The molecular formula is C19H27FN2O. The molecule has 126 valence electrons. The van der Waals surface area contributed by atoms with E-state index in [9.17, 15) is 4.39 Å². The number of hydrogen-bond donors (Lipinski definition) is 0. The molecule has 0 amide bonds. The second-order valence-corrected chi connectivity index (χ2v) is 7.55. The molecule has 1 aromatic rings. The van der Waals surface area contributed by atoms with Crippen molar-refractivity contribution in [1.82, 2.24) is 4.90 Å². The van der Waals surface area contributed by atoms with Crippen molar-refractivity contribution < 1.29 is 9.13 Å². The van der Waals surface area contributed by atoms with E-state index in [2.05, 4.69) is 9.80 Å². The molecule has 0 saturated carbocycles. The van der Waals surface area contributed by atoms with Crippen LogP contribution in [-0.4, -0.2) is 50.3 Å². The van der Waals surface area contributed by atoms with Crippen LogP contribution >= 0.6 is 0 Å². The fraction of sp³-hybridized carbons (Fsp3) is 0.684. The van der Waals surface area contributed by atoms with Crippen LogP contribution in [0, 0.1) is 11.2 Å². The molecule has 3 heterocycles. The van der Waals surface area contributed by atoms with Crippen LogP contribution in [0.3, 0.4) is 0 Å². The lowest BCUT2D eigenvalue weighted by molar-refractivity contribution is -0.0352. The summed E-state index contributed by atoms with van der Waals surface area (Å²) in [5, 5.41) is 0. The molecule has 3 aliphatic rings. The molecule has 0 aliphatic carbocycles. The maximum absolute atomic E-state index is 13.1. The molecular weight excluding hydrogens is 291 g/mol. The molecule has 4 heteroatoms. The topological polar surface area (TPSA) is 15.7 Å². The predicted molar refractivity (Wildman–Crippen MR) is 90.3 cm³/mol. The van der Waals surface area contributed by atoms with Crippen molar-refractivity contribution >= 4 is 5.69 Å². The first-order valence-corrected chi connectivity index (χ1v) is 9.07. The number of nitrogens with zero attached hydrogens (tertiary/aromatic N) is 2. The van der Waals surface area contributed by atoms with E-state index >= 15 is 0 Å². The van der Waals surface area contributed by atoms with Gasteiger partial charge in [-0.05, 0) is 68.3 Å². The van der Waals surface area contributed by atoms with Gasteiger partial charge < -0.3 is 9.64 Å². The fourth-order valence-electron chi connectivity index (χ4n) is 4.70. The van der Waals surface area contributed by atoms with Crippen LogP contribution in [0.4, 0.5) is 10.1 Å².